The standard InChI is InChI=1S/C21H29N5O4S2/c1-3-26(15-4-7-29-8-5-15)19-18-17(6-9-32(18,2)28)23-21(24-19)25-11-16(12-25)30-20(27)14-10-22-31-13-14/h10,13,15-16,32H,3-9,11-12H2,1-2H3. The lowest BCUT2D eigenvalue weighted by Gasteiger charge is -2.40. The summed E-state index contributed by atoms with van der Waals surface area (Å²) in [6.45, 7) is 5.50. The van der Waals surface area contributed by atoms with Crippen LogP contribution in [0.3, 0.4) is 0 Å². The zero-order valence-corrected chi connectivity index (χ0v) is 20.1. The Labute approximate surface area is 192 Å². The van der Waals surface area contributed by atoms with Gasteiger partial charge in [-0.2, -0.15) is 4.98 Å². The van der Waals surface area contributed by atoms with Gasteiger partial charge in [0.15, 0.2) is 0 Å². The van der Waals surface area contributed by atoms with Gasteiger partial charge >= 0.3 is 5.97 Å². The number of carbonyl (C=O) groups is 1. The Morgan fingerprint density at radius 1 is 1.34 bits per heavy atom. The van der Waals surface area contributed by atoms with E-state index >= 15 is 0 Å². The summed E-state index contributed by atoms with van der Waals surface area (Å²) in [4.78, 5) is 27.1. The van der Waals surface area contributed by atoms with Gasteiger partial charge in [0.2, 0.25) is 5.95 Å². The number of nitrogens with zero attached hydrogens (tertiary/aromatic N) is 5. The summed E-state index contributed by atoms with van der Waals surface area (Å²) >= 11 is 1.23. The highest BCUT2D eigenvalue weighted by atomic mass is 32.2. The van der Waals surface area contributed by atoms with Gasteiger partial charge in [0.05, 0.1) is 35.4 Å². The number of rotatable bonds is 6. The van der Waals surface area contributed by atoms with E-state index in [1.54, 1.807) is 5.38 Å². The summed E-state index contributed by atoms with van der Waals surface area (Å²) in [5, 5.41) is 1.69. The first kappa shape index (κ1) is 21.7. The van der Waals surface area contributed by atoms with Crippen LogP contribution in [-0.4, -0.2) is 81.5 Å². The van der Waals surface area contributed by atoms with Gasteiger partial charge in [-0.05, 0) is 37.6 Å². The van der Waals surface area contributed by atoms with Crippen molar-refractivity contribution in [1.82, 2.24) is 14.3 Å². The molecule has 2 saturated heterocycles. The number of aryl methyl sites for hydroxylation is 1. The molecule has 11 heteroatoms. The summed E-state index contributed by atoms with van der Waals surface area (Å²) in [6.07, 6.45) is 5.79. The van der Waals surface area contributed by atoms with Crippen LogP contribution in [0.25, 0.3) is 0 Å². The zero-order chi connectivity index (χ0) is 22.3. The second kappa shape index (κ2) is 8.68. The predicted molar refractivity (Wildman–Crippen MR) is 125 cm³/mol. The number of thiol groups is 1. The van der Waals surface area contributed by atoms with Crippen LogP contribution in [0.5, 0.6) is 0 Å². The highest BCUT2D eigenvalue weighted by Crippen LogP contribution is 2.39. The van der Waals surface area contributed by atoms with Crippen molar-refractivity contribution in [3.05, 3.63) is 22.8 Å². The van der Waals surface area contributed by atoms with Crippen molar-refractivity contribution in [3.8, 4) is 0 Å². The van der Waals surface area contributed by atoms with Crippen molar-refractivity contribution in [2.45, 2.75) is 43.2 Å². The molecule has 0 spiro atoms. The lowest BCUT2D eigenvalue weighted by atomic mass is 10.1. The largest absolute Gasteiger partial charge is 0.455 e. The Morgan fingerprint density at radius 2 is 2.12 bits per heavy atom. The molecule has 0 N–H and O–H groups in total. The molecule has 32 heavy (non-hydrogen) atoms. The van der Waals surface area contributed by atoms with E-state index in [2.05, 4.69) is 16.2 Å². The summed E-state index contributed by atoms with van der Waals surface area (Å²) in [7, 11) is -2.48. The van der Waals surface area contributed by atoms with Gasteiger partial charge in [0.1, 0.15) is 11.9 Å². The van der Waals surface area contributed by atoms with E-state index in [0.717, 1.165) is 49.0 Å². The number of hydrogen-bond acceptors (Lipinski definition) is 10. The molecular formula is C21H29N5O4S2. The SMILES string of the molecule is CCN(c1nc(N2CC(OC(=O)c3cnsc3)C2)nc2c1[SH](C)(=O)CC2)C1CCOCC1. The first-order valence-corrected chi connectivity index (χ1v) is 14.3. The molecule has 2 fully saturated rings. The smallest absolute Gasteiger partial charge is 0.341 e. The van der Waals surface area contributed by atoms with E-state index < -0.39 is 9.93 Å². The van der Waals surface area contributed by atoms with Crippen molar-refractivity contribution in [3.63, 3.8) is 0 Å². The minimum Gasteiger partial charge on any atom is -0.455 e. The number of hydrogen-bond donors (Lipinski definition) is 1. The predicted octanol–water partition coefficient (Wildman–Crippen LogP) is 1.55. The summed E-state index contributed by atoms with van der Waals surface area (Å²) in [5.41, 5.74) is 1.39. The quantitative estimate of drug-likeness (QED) is 0.489. The van der Waals surface area contributed by atoms with Gasteiger partial charge < -0.3 is 19.3 Å². The van der Waals surface area contributed by atoms with Crippen LogP contribution >= 0.6 is 11.5 Å². The van der Waals surface area contributed by atoms with Crippen molar-refractivity contribution in [2.75, 3.05) is 54.7 Å². The number of carbonyl (C=O) groups excluding carboxylic acids is 1. The van der Waals surface area contributed by atoms with E-state index in [4.69, 9.17) is 19.4 Å². The fraction of sp³-hybridized carbons (Fsp3) is 0.619. The Kier molecular flexibility index (Phi) is 5.89. The molecule has 2 aromatic rings. The lowest BCUT2D eigenvalue weighted by molar-refractivity contribution is 0.0231. The van der Waals surface area contributed by atoms with Gasteiger partial charge in [-0.25, -0.2) is 14.2 Å². The van der Waals surface area contributed by atoms with Crippen LogP contribution in [0.2, 0.25) is 0 Å². The number of esters is 1. The van der Waals surface area contributed by atoms with Crippen molar-refractivity contribution in [2.24, 2.45) is 0 Å². The van der Waals surface area contributed by atoms with Crippen LogP contribution in [0.1, 0.15) is 35.8 Å². The van der Waals surface area contributed by atoms with E-state index in [1.165, 1.54) is 17.7 Å². The molecule has 0 saturated carbocycles. The van der Waals surface area contributed by atoms with Crippen LogP contribution in [-0.2, 0) is 25.8 Å². The molecule has 5 heterocycles. The third-order valence-electron chi connectivity index (χ3n) is 6.49. The monoisotopic (exact) mass is 479 g/mol. The van der Waals surface area contributed by atoms with E-state index in [0.29, 0.717) is 42.8 Å². The average Bonchev–Trinajstić information content (AvgIpc) is 3.40. The fourth-order valence-electron chi connectivity index (χ4n) is 4.69. The second-order valence-corrected chi connectivity index (χ2v) is 12.4. The van der Waals surface area contributed by atoms with Gasteiger partial charge in [-0.15, -0.1) is 0 Å². The van der Waals surface area contributed by atoms with Crippen LogP contribution in [0, 0.1) is 0 Å². The van der Waals surface area contributed by atoms with E-state index in [1.807, 2.05) is 11.2 Å². The third kappa shape index (κ3) is 4.01. The lowest BCUT2D eigenvalue weighted by Crippen LogP contribution is -2.54. The van der Waals surface area contributed by atoms with Crippen molar-refractivity contribution < 1.29 is 18.5 Å². The van der Waals surface area contributed by atoms with Crippen molar-refractivity contribution in [1.29, 1.82) is 0 Å². The number of ether oxygens (including phenoxy) is 2. The number of anilines is 2. The minimum absolute atomic E-state index is 0.197. The maximum Gasteiger partial charge on any atom is 0.341 e. The Hall–Kier alpha value is -2.11. The molecule has 2 aromatic heterocycles. The molecule has 5 rings (SSSR count). The normalized spacial score (nSPS) is 21.6. The van der Waals surface area contributed by atoms with Crippen LogP contribution in [0.15, 0.2) is 16.5 Å². The molecule has 174 valence electrons. The molecule has 0 unspecified atom stereocenters. The summed E-state index contributed by atoms with van der Waals surface area (Å²) in [6, 6.07) is 0.325. The van der Waals surface area contributed by atoms with E-state index in [9.17, 15) is 9.00 Å². The van der Waals surface area contributed by atoms with Crippen LogP contribution < -0.4 is 9.80 Å². The maximum absolute atomic E-state index is 13.4. The molecule has 3 aliphatic heterocycles. The molecule has 0 bridgehead atoms. The van der Waals surface area contributed by atoms with E-state index in [-0.39, 0.29) is 12.1 Å². The van der Waals surface area contributed by atoms with Gasteiger partial charge in [-0.3, -0.25) is 4.21 Å². The molecule has 0 radical (unpaired) electrons. The maximum atomic E-state index is 13.4. The fourth-order valence-corrected chi connectivity index (χ4v) is 7.36. The Morgan fingerprint density at radius 3 is 2.81 bits per heavy atom. The minimum atomic E-state index is -2.48. The number of fused-ring (bicyclic) bond motifs is 1. The average molecular weight is 480 g/mol. The third-order valence-corrected chi connectivity index (χ3v) is 9.56. The summed E-state index contributed by atoms with van der Waals surface area (Å²) < 4.78 is 28.5. The molecular weight excluding hydrogens is 450 g/mol. The van der Waals surface area contributed by atoms with Crippen LogP contribution in [0.4, 0.5) is 11.8 Å². The highest BCUT2D eigenvalue weighted by Gasteiger charge is 2.38. The summed E-state index contributed by atoms with van der Waals surface area (Å²) in [5.74, 6) is 1.76. The topological polar surface area (TPSA) is 97.8 Å². The van der Waals surface area contributed by atoms with Crippen molar-refractivity contribution >= 4 is 39.2 Å². The molecule has 0 aliphatic carbocycles. The molecule has 3 aliphatic rings. The van der Waals surface area contributed by atoms with Gasteiger partial charge in [0.25, 0.3) is 0 Å². The molecule has 0 atom stereocenters. The Bertz CT molecular complexity index is 1040. The van der Waals surface area contributed by atoms with Gasteiger partial charge in [0, 0.05) is 43.4 Å². The number of aromatic nitrogens is 3. The molecule has 0 aromatic carbocycles. The van der Waals surface area contributed by atoms with Gasteiger partial charge in [-0.1, -0.05) is 9.93 Å². The highest BCUT2D eigenvalue weighted by molar-refractivity contribution is 8.02. The zero-order valence-electron chi connectivity index (χ0n) is 18.4. The molecule has 0 amide bonds. The first-order valence-electron chi connectivity index (χ1n) is 11.1. The first-order chi connectivity index (χ1) is 15.5. The Balaban J connectivity index is 1.38. The second-order valence-electron chi connectivity index (χ2n) is 8.69. The molecule has 9 nitrogen and oxygen atoms in total.